The van der Waals surface area contributed by atoms with Gasteiger partial charge in [0.15, 0.2) is 5.96 Å². The summed E-state index contributed by atoms with van der Waals surface area (Å²) in [7, 11) is 1.42. The van der Waals surface area contributed by atoms with Gasteiger partial charge in [0.2, 0.25) is 0 Å². The monoisotopic (exact) mass is 465 g/mol. The van der Waals surface area contributed by atoms with Crippen LogP contribution in [-0.2, 0) is 16.1 Å². The molecule has 0 aliphatic heterocycles. The van der Waals surface area contributed by atoms with Crippen LogP contribution in [0.4, 0.5) is 0 Å². The van der Waals surface area contributed by atoms with E-state index >= 15 is 0 Å². The van der Waals surface area contributed by atoms with Crippen LogP contribution < -0.4 is 10.6 Å². The SMILES string of the molecule is CCNC(=NCCCn1nc(C)cc1C)NCCCCC(=O)OC.I. The van der Waals surface area contributed by atoms with E-state index in [-0.39, 0.29) is 29.9 Å². The predicted octanol–water partition coefficient (Wildman–Crippen LogP) is 2.41. The summed E-state index contributed by atoms with van der Waals surface area (Å²) in [6.07, 6.45) is 3.14. The van der Waals surface area contributed by atoms with Crippen LogP contribution >= 0.6 is 24.0 Å². The molecule has 7 nitrogen and oxygen atoms in total. The number of unbranched alkanes of at least 4 members (excludes halogenated alkanes) is 1. The minimum Gasteiger partial charge on any atom is -0.469 e. The van der Waals surface area contributed by atoms with Gasteiger partial charge in [-0.25, -0.2) is 0 Å². The number of halogens is 1. The molecular formula is C17H32IN5O2. The molecule has 2 N–H and O–H groups in total. The number of ether oxygens (including phenoxy) is 1. The molecule has 8 heteroatoms. The third kappa shape index (κ3) is 10.3. The van der Waals surface area contributed by atoms with Crippen molar-refractivity contribution >= 4 is 35.9 Å². The maximum Gasteiger partial charge on any atom is 0.305 e. The van der Waals surface area contributed by atoms with E-state index in [1.807, 2.05) is 18.5 Å². The number of aryl methyl sites for hydroxylation is 3. The van der Waals surface area contributed by atoms with Crippen LogP contribution in [0.15, 0.2) is 11.1 Å². The van der Waals surface area contributed by atoms with Crippen molar-refractivity contribution in [3.63, 3.8) is 0 Å². The van der Waals surface area contributed by atoms with Crippen LogP contribution in [0, 0.1) is 13.8 Å². The molecule has 0 saturated carbocycles. The van der Waals surface area contributed by atoms with E-state index < -0.39 is 0 Å². The van der Waals surface area contributed by atoms with Crippen molar-refractivity contribution in [2.45, 2.75) is 53.0 Å². The lowest BCUT2D eigenvalue weighted by atomic mass is 10.2. The van der Waals surface area contributed by atoms with E-state index in [0.29, 0.717) is 6.42 Å². The summed E-state index contributed by atoms with van der Waals surface area (Å²) < 4.78 is 6.65. The van der Waals surface area contributed by atoms with E-state index in [9.17, 15) is 4.79 Å². The number of carbonyl (C=O) groups is 1. The number of methoxy groups -OCH3 is 1. The Morgan fingerprint density at radius 2 is 2.04 bits per heavy atom. The van der Waals surface area contributed by atoms with Crippen LogP contribution in [0.1, 0.15) is 44.0 Å². The first kappa shape index (κ1) is 23.7. The zero-order valence-corrected chi connectivity index (χ0v) is 18.1. The summed E-state index contributed by atoms with van der Waals surface area (Å²) in [6.45, 7) is 9.37. The van der Waals surface area contributed by atoms with Crippen LogP contribution in [0.2, 0.25) is 0 Å². The average molecular weight is 465 g/mol. The highest BCUT2D eigenvalue weighted by Crippen LogP contribution is 2.02. The molecule has 0 spiro atoms. The number of rotatable bonds is 10. The summed E-state index contributed by atoms with van der Waals surface area (Å²) in [5.41, 5.74) is 2.24. The summed E-state index contributed by atoms with van der Waals surface area (Å²) in [5, 5.41) is 11.0. The van der Waals surface area contributed by atoms with E-state index in [0.717, 1.165) is 57.1 Å². The second kappa shape index (κ2) is 13.9. The van der Waals surface area contributed by atoms with Gasteiger partial charge < -0.3 is 15.4 Å². The first-order valence-electron chi connectivity index (χ1n) is 8.66. The fourth-order valence-corrected chi connectivity index (χ4v) is 2.36. The van der Waals surface area contributed by atoms with E-state index in [2.05, 4.69) is 38.5 Å². The molecule has 144 valence electrons. The summed E-state index contributed by atoms with van der Waals surface area (Å²) in [6, 6.07) is 2.09. The first-order valence-corrected chi connectivity index (χ1v) is 8.66. The molecular weight excluding hydrogens is 433 g/mol. The zero-order chi connectivity index (χ0) is 17.8. The average Bonchev–Trinajstić information content (AvgIpc) is 2.88. The van der Waals surface area contributed by atoms with Crippen molar-refractivity contribution in [3.05, 3.63) is 17.5 Å². The van der Waals surface area contributed by atoms with Crippen LogP contribution in [0.3, 0.4) is 0 Å². The number of aliphatic imine (C=N–C) groups is 1. The Hall–Kier alpha value is -1.32. The van der Waals surface area contributed by atoms with E-state index in [4.69, 9.17) is 0 Å². The number of nitrogens with zero attached hydrogens (tertiary/aromatic N) is 3. The van der Waals surface area contributed by atoms with Gasteiger partial charge in [0.1, 0.15) is 0 Å². The predicted molar refractivity (Wildman–Crippen MR) is 112 cm³/mol. The van der Waals surface area contributed by atoms with Gasteiger partial charge in [-0.15, -0.1) is 24.0 Å². The Morgan fingerprint density at radius 3 is 2.64 bits per heavy atom. The lowest BCUT2D eigenvalue weighted by molar-refractivity contribution is -0.140. The number of aromatic nitrogens is 2. The van der Waals surface area contributed by atoms with Crippen molar-refractivity contribution in [2.24, 2.45) is 4.99 Å². The van der Waals surface area contributed by atoms with Gasteiger partial charge in [-0.3, -0.25) is 14.5 Å². The molecule has 0 aliphatic rings. The topological polar surface area (TPSA) is 80.5 Å². The minimum absolute atomic E-state index is 0. The van der Waals surface area contributed by atoms with Crippen molar-refractivity contribution < 1.29 is 9.53 Å². The van der Waals surface area contributed by atoms with Gasteiger partial charge in [-0.1, -0.05) is 0 Å². The highest BCUT2D eigenvalue weighted by Gasteiger charge is 2.02. The minimum atomic E-state index is -0.153. The molecule has 1 heterocycles. The van der Waals surface area contributed by atoms with Crippen LogP contribution in [0.5, 0.6) is 0 Å². The molecule has 0 saturated heterocycles. The molecule has 0 atom stereocenters. The fourth-order valence-electron chi connectivity index (χ4n) is 2.36. The second-order valence-corrected chi connectivity index (χ2v) is 5.72. The molecule has 0 aliphatic carbocycles. The molecule has 1 rings (SSSR count). The molecule has 0 aromatic carbocycles. The largest absolute Gasteiger partial charge is 0.469 e. The highest BCUT2D eigenvalue weighted by atomic mass is 127. The quantitative estimate of drug-likeness (QED) is 0.182. The Morgan fingerprint density at radius 1 is 1.28 bits per heavy atom. The number of hydrogen-bond acceptors (Lipinski definition) is 4. The van der Waals surface area contributed by atoms with Gasteiger partial charge in [0.25, 0.3) is 0 Å². The highest BCUT2D eigenvalue weighted by molar-refractivity contribution is 14.0. The van der Waals surface area contributed by atoms with Gasteiger partial charge in [-0.05, 0) is 46.1 Å². The molecule has 0 radical (unpaired) electrons. The molecule has 25 heavy (non-hydrogen) atoms. The molecule has 0 fully saturated rings. The number of esters is 1. The van der Waals surface area contributed by atoms with Gasteiger partial charge in [-0.2, -0.15) is 5.10 Å². The number of carbonyl (C=O) groups excluding carboxylic acids is 1. The fraction of sp³-hybridized carbons (Fsp3) is 0.706. The van der Waals surface area contributed by atoms with Crippen molar-refractivity contribution in [1.82, 2.24) is 20.4 Å². The molecule has 0 amide bonds. The maximum atomic E-state index is 11.0. The number of guanidine groups is 1. The maximum absolute atomic E-state index is 11.0. The van der Waals surface area contributed by atoms with E-state index in [1.54, 1.807) is 0 Å². The molecule has 1 aromatic rings. The van der Waals surface area contributed by atoms with Crippen LogP contribution in [-0.4, -0.2) is 48.5 Å². The van der Waals surface area contributed by atoms with E-state index in [1.165, 1.54) is 12.8 Å². The standard InChI is InChI=1S/C17H31N5O2.HI/c1-5-18-17(19-10-7-6-9-16(23)24-4)20-11-8-12-22-15(3)13-14(2)21-22;/h13H,5-12H2,1-4H3,(H2,18,19,20);1H. The number of nitrogens with one attached hydrogen (secondary N) is 2. The Kier molecular flexibility index (Phi) is 13.2. The summed E-state index contributed by atoms with van der Waals surface area (Å²) in [5.74, 6) is 0.670. The third-order valence-corrected chi connectivity index (χ3v) is 3.57. The summed E-state index contributed by atoms with van der Waals surface area (Å²) >= 11 is 0. The van der Waals surface area contributed by atoms with Crippen molar-refractivity contribution in [3.8, 4) is 0 Å². The molecule has 1 aromatic heterocycles. The first-order chi connectivity index (χ1) is 11.6. The van der Waals surface area contributed by atoms with Crippen molar-refractivity contribution in [2.75, 3.05) is 26.7 Å². The second-order valence-electron chi connectivity index (χ2n) is 5.72. The van der Waals surface area contributed by atoms with Gasteiger partial charge in [0, 0.05) is 38.3 Å². The van der Waals surface area contributed by atoms with Crippen LogP contribution in [0.25, 0.3) is 0 Å². The Bertz CT molecular complexity index is 531. The Balaban J connectivity index is 0.00000576. The number of hydrogen-bond donors (Lipinski definition) is 2. The Labute approximate surface area is 168 Å². The lowest BCUT2D eigenvalue weighted by Crippen LogP contribution is -2.38. The zero-order valence-electron chi connectivity index (χ0n) is 15.8. The third-order valence-electron chi connectivity index (χ3n) is 3.57. The lowest BCUT2D eigenvalue weighted by Gasteiger charge is -2.11. The van der Waals surface area contributed by atoms with Crippen molar-refractivity contribution in [1.29, 1.82) is 0 Å². The molecule has 0 bridgehead atoms. The van der Waals surface area contributed by atoms with Gasteiger partial charge >= 0.3 is 5.97 Å². The summed E-state index contributed by atoms with van der Waals surface area (Å²) in [4.78, 5) is 15.6. The molecule has 0 unspecified atom stereocenters. The normalized spacial score (nSPS) is 11.0. The smallest absolute Gasteiger partial charge is 0.305 e. The van der Waals surface area contributed by atoms with Gasteiger partial charge in [0.05, 0.1) is 12.8 Å².